The zero-order valence-electron chi connectivity index (χ0n) is 12.5. The van der Waals surface area contributed by atoms with Crippen molar-refractivity contribution in [2.24, 2.45) is 10.7 Å². The number of nitrogens with two attached hydrogens (primary N) is 1. The van der Waals surface area contributed by atoms with Gasteiger partial charge in [-0.05, 0) is 30.9 Å². The van der Waals surface area contributed by atoms with Crippen LogP contribution in [0.25, 0.3) is 10.9 Å². The number of aromatic amines is 1. The summed E-state index contributed by atoms with van der Waals surface area (Å²) in [7, 11) is 0. The van der Waals surface area contributed by atoms with Crippen molar-refractivity contribution in [2.75, 3.05) is 19.6 Å². The molecule has 2 aromatic rings. The fraction of sp³-hybridized carbons (Fsp3) is 0.471. The van der Waals surface area contributed by atoms with E-state index in [2.05, 4.69) is 45.3 Å². The van der Waals surface area contributed by atoms with Crippen molar-refractivity contribution >= 4 is 16.9 Å². The predicted molar refractivity (Wildman–Crippen MR) is 88.5 cm³/mol. The van der Waals surface area contributed by atoms with Gasteiger partial charge < -0.3 is 15.6 Å². The summed E-state index contributed by atoms with van der Waals surface area (Å²) in [6.45, 7) is 2.87. The van der Waals surface area contributed by atoms with Gasteiger partial charge in [0, 0.05) is 36.7 Å². The molecule has 4 heteroatoms. The second-order valence-electron chi connectivity index (χ2n) is 5.75. The van der Waals surface area contributed by atoms with Gasteiger partial charge in [0.2, 0.25) is 0 Å². The van der Waals surface area contributed by atoms with Gasteiger partial charge in [0.1, 0.15) is 0 Å². The maximum Gasteiger partial charge on any atom is 0.191 e. The van der Waals surface area contributed by atoms with Crippen LogP contribution in [0, 0.1) is 0 Å². The molecule has 0 spiro atoms. The molecule has 1 fully saturated rings. The second-order valence-corrected chi connectivity index (χ2v) is 5.75. The van der Waals surface area contributed by atoms with Crippen LogP contribution in [0.2, 0.25) is 0 Å². The van der Waals surface area contributed by atoms with E-state index in [1.54, 1.807) is 0 Å². The zero-order valence-corrected chi connectivity index (χ0v) is 12.5. The van der Waals surface area contributed by atoms with Crippen molar-refractivity contribution in [1.29, 1.82) is 0 Å². The molecule has 1 aromatic heterocycles. The van der Waals surface area contributed by atoms with Crippen LogP contribution in [-0.4, -0.2) is 35.5 Å². The molecule has 1 aromatic carbocycles. The molecule has 2 heterocycles. The molecule has 0 bridgehead atoms. The summed E-state index contributed by atoms with van der Waals surface area (Å²) >= 11 is 0. The summed E-state index contributed by atoms with van der Waals surface area (Å²) in [5.41, 5.74) is 8.65. The molecule has 0 aliphatic carbocycles. The molecule has 0 atom stereocenters. The van der Waals surface area contributed by atoms with Crippen LogP contribution in [-0.2, 0) is 6.42 Å². The highest BCUT2D eigenvalue weighted by atomic mass is 15.2. The van der Waals surface area contributed by atoms with Gasteiger partial charge in [-0.15, -0.1) is 0 Å². The molecule has 0 radical (unpaired) electrons. The predicted octanol–water partition coefficient (Wildman–Crippen LogP) is 2.90. The van der Waals surface area contributed by atoms with E-state index in [9.17, 15) is 0 Å². The first-order valence-electron chi connectivity index (χ1n) is 7.94. The van der Waals surface area contributed by atoms with Gasteiger partial charge in [-0.3, -0.25) is 4.99 Å². The largest absolute Gasteiger partial charge is 0.370 e. The molecule has 1 saturated heterocycles. The number of hydrogen-bond acceptors (Lipinski definition) is 1. The first kappa shape index (κ1) is 14.0. The smallest absolute Gasteiger partial charge is 0.191 e. The fourth-order valence-electron chi connectivity index (χ4n) is 3.03. The minimum absolute atomic E-state index is 0.719. The van der Waals surface area contributed by atoms with Crippen LogP contribution in [0.3, 0.4) is 0 Å². The number of aromatic nitrogens is 1. The molecular formula is C17H24N4. The third-order valence-electron chi connectivity index (χ3n) is 4.26. The number of guanidine groups is 1. The van der Waals surface area contributed by atoms with Crippen molar-refractivity contribution in [3.8, 4) is 0 Å². The monoisotopic (exact) mass is 284 g/mol. The minimum Gasteiger partial charge on any atom is -0.370 e. The Bertz CT molecular complexity index is 606. The first-order chi connectivity index (χ1) is 10.3. The Balaban J connectivity index is 1.60. The number of benzene rings is 1. The lowest BCUT2D eigenvalue weighted by molar-refractivity contribution is 0.428. The highest BCUT2D eigenvalue weighted by Crippen LogP contribution is 2.18. The third-order valence-corrected chi connectivity index (χ3v) is 4.26. The van der Waals surface area contributed by atoms with Crippen molar-refractivity contribution in [3.05, 3.63) is 36.0 Å². The van der Waals surface area contributed by atoms with Gasteiger partial charge in [-0.1, -0.05) is 31.0 Å². The molecule has 21 heavy (non-hydrogen) atoms. The molecule has 3 rings (SSSR count). The second kappa shape index (κ2) is 6.66. The van der Waals surface area contributed by atoms with Crippen LogP contribution in [0.5, 0.6) is 0 Å². The third kappa shape index (κ3) is 3.38. The molecular weight excluding hydrogens is 260 g/mol. The fourth-order valence-corrected chi connectivity index (χ4v) is 3.03. The molecule has 0 amide bonds. The van der Waals surface area contributed by atoms with Gasteiger partial charge in [0.15, 0.2) is 5.96 Å². The number of hydrogen-bond donors (Lipinski definition) is 2. The Morgan fingerprint density at radius 1 is 1.14 bits per heavy atom. The molecule has 1 aliphatic heterocycles. The molecule has 0 unspecified atom stereocenters. The standard InChI is InChI=1S/C17H24N4/c18-17(21-11-5-1-2-6-12-21)19-10-9-14-13-20-16-8-4-3-7-15(14)16/h3-4,7-8,13,20H,1-2,5-6,9-12H2,(H2,18,19). The summed E-state index contributed by atoms with van der Waals surface area (Å²) in [4.78, 5) is 10.1. The zero-order chi connectivity index (χ0) is 14.5. The summed E-state index contributed by atoms with van der Waals surface area (Å²) in [5.74, 6) is 0.719. The highest BCUT2D eigenvalue weighted by molar-refractivity contribution is 5.83. The SMILES string of the molecule is NC(=NCCc1c[nH]c2ccccc12)N1CCCCCC1. The number of nitrogens with one attached hydrogen (secondary N) is 1. The summed E-state index contributed by atoms with van der Waals surface area (Å²) in [5, 5.41) is 1.29. The van der Waals surface area contributed by atoms with Crippen LogP contribution < -0.4 is 5.73 Å². The van der Waals surface area contributed by atoms with E-state index in [4.69, 9.17) is 5.73 Å². The Morgan fingerprint density at radius 2 is 1.90 bits per heavy atom. The van der Waals surface area contributed by atoms with E-state index in [0.717, 1.165) is 32.0 Å². The normalized spacial score (nSPS) is 17.1. The van der Waals surface area contributed by atoms with E-state index >= 15 is 0 Å². The van der Waals surface area contributed by atoms with Crippen LogP contribution >= 0.6 is 0 Å². The van der Waals surface area contributed by atoms with Gasteiger partial charge in [-0.2, -0.15) is 0 Å². The Morgan fingerprint density at radius 3 is 2.71 bits per heavy atom. The maximum absolute atomic E-state index is 6.14. The molecule has 3 N–H and O–H groups in total. The number of rotatable bonds is 3. The van der Waals surface area contributed by atoms with Crippen molar-refractivity contribution < 1.29 is 0 Å². The molecule has 0 saturated carbocycles. The van der Waals surface area contributed by atoms with Crippen molar-refractivity contribution in [2.45, 2.75) is 32.1 Å². The number of para-hydroxylation sites is 1. The summed E-state index contributed by atoms with van der Waals surface area (Å²) in [6.07, 6.45) is 8.12. The van der Waals surface area contributed by atoms with Crippen LogP contribution in [0.4, 0.5) is 0 Å². The topological polar surface area (TPSA) is 57.4 Å². The van der Waals surface area contributed by atoms with E-state index in [1.807, 2.05) is 0 Å². The highest BCUT2D eigenvalue weighted by Gasteiger charge is 2.10. The number of H-pyrrole nitrogens is 1. The lowest BCUT2D eigenvalue weighted by Gasteiger charge is -2.21. The van der Waals surface area contributed by atoms with Crippen LogP contribution in [0.15, 0.2) is 35.5 Å². The Hall–Kier alpha value is -1.97. The lowest BCUT2D eigenvalue weighted by Crippen LogP contribution is -2.38. The number of nitrogens with zero attached hydrogens (tertiary/aromatic N) is 2. The molecule has 1 aliphatic rings. The van der Waals surface area contributed by atoms with Gasteiger partial charge in [0.05, 0.1) is 0 Å². The quantitative estimate of drug-likeness (QED) is 0.672. The molecule has 112 valence electrons. The van der Waals surface area contributed by atoms with Crippen molar-refractivity contribution in [1.82, 2.24) is 9.88 Å². The minimum atomic E-state index is 0.719. The summed E-state index contributed by atoms with van der Waals surface area (Å²) in [6, 6.07) is 8.39. The van der Waals surface area contributed by atoms with Crippen molar-refractivity contribution in [3.63, 3.8) is 0 Å². The van der Waals surface area contributed by atoms with E-state index in [-0.39, 0.29) is 0 Å². The van der Waals surface area contributed by atoms with Gasteiger partial charge >= 0.3 is 0 Å². The van der Waals surface area contributed by atoms with Gasteiger partial charge in [0.25, 0.3) is 0 Å². The Labute approximate surface area is 126 Å². The van der Waals surface area contributed by atoms with Gasteiger partial charge in [-0.25, -0.2) is 0 Å². The number of likely N-dealkylation sites (tertiary alicyclic amines) is 1. The number of aliphatic imine (C=N–C) groups is 1. The maximum atomic E-state index is 6.14. The first-order valence-corrected chi connectivity index (χ1v) is 7.94. The molecule has 4 nitrogen and oxygen atoms in total. The lowest BCUT2D eigenvalue weighted by atomic mass is 10.1. The average molecular weight is 284 g/mol. The van der Waals surface area contributed by atoms with E-state index in [1.165, 1.54) is 42.1 Å². The van der Waals surface area contributed by atoms with Crippen LogP contribution in [0.1, 0.15) is 31.2 Å². The Kier molecular flexibility index (Phi) is 4.43. The number of fused-ring (bicyclic) bond motifs is 1. The van der Waals surface area contributed by atoms with E-state index < -0.39 is 0 Å². The summed E-state index contributed by atoms with van der Waals surface area (Å²) < 4.78 is 0. The van der Waals surface area contributed by atoms with E-state index in [0.29, 0.717) is 0 Å². The average Bonchev–Trinajstić information content (AvgIpc) is 2.74.